The molecule has 0 spiro atoms. The highest BCUT2D eigenvalue weighted by Crippen LogP contribution is 2.22. The summed E-state index contributed by atoms with van der Waals surface area (Å²) in [6.07, 6.45) is 0.336. The fraction of sp³-hybridized carbons (Fsp3) is 0.368. The van der Waals surface area contributed by atoms with Crippen LogP contribution >= 0.6 is 0 Å². The summed E-state index contributed by atoms with van der Waals surface area (Å²) in [5.41, 5.74) is 6.01. The zero-order valence-corrected chi connectivity index (χ0v) is 13.3. The maximum absolute atomic E-state index is 9.79. The molecular formula is C19H24O2. The monoisotopic (exact) mass is 284 g/mol. The molecule has 21 heavy (non-hydrogen) atoms. The van der Waals surface area contributed by atoms with Gasteiger partial charge in [-0.3, -0.25) is 0 Å². The Morgan fingerprint density at radius 3 is 2.10 bits per heavy atom. The van der Waals surface area contributed by atoms with Crippen LogP contribution in [0.15, 0.2) is 36.4 Å². The summed E-state index contributed by atoms with van der Waals surface area (Å²) in [4.78, 5) is 0. The van der Waals surface area contributed by atoms with Crippen LogP contribution in [-0.2, 0) is 6.61 Å². The standard InChI is InChI=1S/C19H24O2/c1-5-19(20)16-6-8-17(9-7-16)21-12-18-14(3)10-13(2)11-15(18)4/h6-11,19-20H,5,12H2,1-4H3/t19-/m1/s1. The van der Waals surface area contributed by atoms with Crippen molar-refractivity contribution in [2.75, 3.05) is 0 Å². The van der Waals surface area contributed by atoms with Gasteiger partial charge in [-0.1, -0.05) is 36.8 Å². The lowest BCUT2D eigenvalue weighted by molar-refractivity contribution is 0.173. The van der Waals surface area contributed by atoms with Crippen LogP contribution in [0.5, 0.6) is 5.75 Å². The molecule has 2 nitrogen and oxygen atoms in total. The molecule has 2 heteroatoms. The molecule has 0 saturated heterocycles. The molecule has 2 rings (SSSR count). The van der Waals surface area contributed by atoms with Crippen LogP contribution in [-0.4, -0.2) is 5.11 Å². The molecule has 0 aliphatic carbocycles. The summed E-state index contributed by atoms with van der Waals surface area (Å²) in [6, 6.07) is 12.1. The number of hydrogen-bond acceptors (Lipinski definition) is 2. The fourth-order valence-electron chi connectivity index (χ4n) is 2.61. The van der Waals surface area contributed by atoms with Gasteiger partial charge in [0.05, 0.1) is 6.10 Å². The average molecular weight is 284 g/mol. The number of rotatable bonds is 5. The van der Waals surface area contributed by atoms with Crippen LogP contribution in [0.1, 0.15) is 47.3 Å². The Labute approximate surface area is 127 Å². The largest absolute Gasteiger partial charge is 0.489 e. The van der Waals surface area contributed by atoms with Crippen LogP contribution in [0.25, 0.3) is 0 Å². The first-order chi connectivity index (χ1) is 10.0. The minimum absolute atomic E-state index is 0.388. The molecule has 0 heterocycles. The van der Waals surface area contributed by atoms with Crippen LogP contribution in [0.2, 0.25) is 0 Å². The summed E-state index contributed by atoms with van der Waals surface area (Å²) < 4.78 is 5.88. The Kier molecular flexibility index (Phi) is 5.03. The summed E-state index contributed by atoms with van der Waals surface area (Å²) >= 11 is 0. The Bertz CT molecular complexity index is 576. The summed E-state index contributed by atoms with van der Waals surface area (Å²) in [7, 11) is 0. The van der Waals surface area contributed by atoms with Gasteiger partial charge in [0.2, 0.25) is 0 Å². The van der Waals surface area contributed by atoms with E-state index in [0.29, 0.717) is 6.61 Å². The second kappa shape index (κ2) is 6.77. The minimum atomic E-state index is -0.388. The zero-order valence-electron chi connectivity index (χ0n) is 13.3. The quantitative estimate of drug-likeness (QED) is 0.867. The molecule has 2 aromatic carbocycles. The van der Waals surface area contributed by atoms with Crippen molar-refractivity contribution >= 4 is 0 Å². The SMILES string of the molecule is CC[C@@H](O)c1ccc(OCc2c(C)cc(C)cc2C)cc1. The molecule has 0 aromatic heterocycles. The molecule has 0 aliphatic rings. The predicted molar refractivity (Wildman–Crippen MR) is 86.7 cm³/mol. The Hall–Kier alpha value is -1.80. The third-order valence-corrected chi connectivity index (χ3v) is 3.88. The molecule has 0 saturated carbocycles. The predicted octanol–water partition coefficient (Wildman–Crippen LogP) is 4.63. The molecule has 2 aromatic rings. The first kappa shape index (κ1) is 15.6. The highest BCUT2D eigenvalue weighted by Gasteiger charge is 2.07. The van der Waals surface area contributed by atoms with E-state index >= 15 is 0 Å². The highest BCUT2D eigenvalue weighted by molar-refractivity contribution is 5.37. The number of aliphatic hydroxyl groups is 1. The van der Waals surface area contributed by atoms with Crippen molar-refractivity contribution < 1.29 is 9.84 Å². The lowest BCUT2D eigenvalue weighted by Gasteiger charge is -2.14. The molecule has 0 radical (unpaired) electrons. The maximum atomic E-state index is 9.79. The van der Waals surface area contributed by atoms with Gasteiger partial charge in [0, 0.05) is 0 Å². The number of ether oxygens (including phenoxy) is 1. The van der Waals surface area contributed by atoms with Gasteiger partial charge >= 0.3 is 0 Å². The minimum Gasteiger partial charge on any atom is -0.489 e. The Morgan fingerprint density at radius 1 is 1.00 bits per heavy atom. The zero-order chi connectivity index (χ0) is 15.4. The second-order valence-corrected chi connectivity index (χ2v) is 5.66. The Balaban J connectivity index is 2.07. The lowest BCUT2D eigenvalue weighted by atomic mass is 10.0. The third-order valence-electron chi connectivity index (χ3n) is 3.88. The van der Waals surface area contributed by atoms with E-state index in [1.54, 1.807) is 0 Å². The summed E-state index contributed by atoms with van der Waals surface area (Å²) in [5.74, 6) is 0.835. The molecule has 0 amide bonds. The van der Waals surface area contributed by atoms with Crippen LogP contribution in [0, 0.1) is 20.8 Å². The molecule has 0 aliphatic heterocycles. The van der Waals surface area contributed by atoms with Crippen molar-refractivity contribution in [2.24, 2.45) is 0 Å². The van der Waals surface area contributed by atoms with E-state index in [-0.39, 0.29) is 6.10 Å². The highest BCUT2D eigenvalue weighted by atomic mass is 16.5. The van der Waals surface area contributed by atoms with Crippen molar-refractivity contribution in [1.82, 2.24) is 0 Å². The lowest BCUT2D eigenvalue weighted by Crippen LogP contribution is -2.02. The first-order valence-electron chi connectivity index (χ1n) is 7.48. The van der Waals surface area contributed by atoms with E-state index < -0.39 is 0 Å². The molecular weight excluding hydrogens is 260 g/mol. The van der Waals surface area contributed by atoms with Crippen molar-refractivity contribution in [1.29, 1.82) is 0 Å². The molecule has 0 bridgehead atoms. The van der Waals surface area contributed by atoms with Gasteiger partial charge in [-0.05, 0) is 61.6 Å². The van der Waals surface area contributed by atoms with Crippen LogP contribution in [0.4, 0.5) is 0 Å². The summed E-state index contributed by atoms with van der Waals surface area (Å²) in [6.45, 7) is 8.91. The van der Waals surface area contributed by atoms with Crippen molar-refractivity contribution in [3.8, 4) is 5.75 Å². The van der Waals surface area contributed by atoms with E-state index in [4.69, 9.17) is 4.74 Å². The van der Waals surface area contributed by atoms with Gasteiger partial charge in [-0.15, -0.1) is 0 Å². The average Bonchev–Trinajstić information content (AvgIpc) is 2.46. The van der Waals surface area contributed by atoms with Crippen LogP contribution < -0.4 is 4.74 Å². The number of benzene rings is 2. The topological polar surface area (TPSA) is 29.5 Å². The van der Waals surface area contributed by atoms with E-state index in [9.17, 15) is 5.11 Å². The second-order valence-electron chi connectivity index (χ2n) is 5.66. The van der Waals surface area contributed by atoms with Gasteiger partial charge in [0.25, 0.3) is 0 Å². The Morgan fingerprint density at radius 2 is 1.57 bits per heavy atom. The van der Waals surface area contributed by atoms with Gasteiger partial charge in [-0.2, -0.15) is 0 Å². The molecule has 0 fully saturated rings. The van der Waals surface area contributed by atoms with E-state index in [2.05, 4.69) is 32.9 Å². The van der Waals surface area contributed by atoms with Crippen molar-refractivity contribution in [3.63, 3.8) is 0 Å². The van der Waals surface area contributed by atoms with E-state index in [1.807, 2.05) is 31.2 Å². The maximum Gasteiger partial charge on any atom is 0.119 e. The fourth-order valence-corrected chi connectivity index (χ4v) is 2.61. The van der Waals surface area contributed by atoms with Gasteiger partial charge in [0.1, 0.15) is 12.4 Å². The van der Waals surface area contributed by atoms with Gasteiger partial charge in [-0.25, -0.2) is 0 Å². The van der Waals surface area contributed by atoms with Crippen LogP contribution in [0.3, 0.4) is 0 Å². The molecule has 1 N–H and O–H groups in total. The normalized spacial score (nSPS) is 12.2. The number of aliphatic hydroxyl groups excluding tert-OH is 1. The van der Waals surface area contributed by atoms with Crippen molar-refractivity contribution in [3.05, 3.63) is 64.2 Å². The smallest absolute Gasteiger partial charge is 0.119 e. The first-order valence-corrected chi connectivity index (χ1v) is 7.48. The molecule has 1 atom stereocenters. The van der Waals surface area contributed by atoms with Gasteiger partial charge < -0.3 is 9.84 Å². The molecule has 0 unspecified atom stereocenters. The van der Waals surface area contributed by atoms with Gasteiger partial charge in [0.15, 0.2) is 0 Å². The summed E-state index contributed by atoms with van der Waals surface area (Å²) in [5, 5.41) is 9.79. The van der Waals surface area contributed by atoms with E-state index in [1.165, 1.54) is 22.3 Å². The van der Waals surface area contributed by atoms with E-state index in [0.717, 1.165) is 17.7 Å². The number of aryl methyl sites for hydroxylation is 3. The number of hydrogen-bond donors (Lipinski definition) is 1. The van der Waals surface area contributed by atoms with Crippen molar-refractivity contribution in [2.45, 2.75) is 46.8 Å². The molecule has 112 valence electrons. The third kappa shape index (κ3) is 3.85.